The van der Waals surface area contributed by atoms with E-state index in [2.05, 4.69) is 20.3 Å². The van der Waals surface area contributed by atoms with Gasteiger partial charge in [0.05, 0.1) is 12.3 Å². The molecule has 2 heterocycles. The van der Waals surface area contributed by atoms with Gasteiger partial charge in [0.2, 0.25) is 0 Å². The zero-order valence-corrected chi connectivity index (χ0v) is 8.98. The van der Waals surface area contributed by atoms with Gasteiger partial charge < -0.3 is 5.11 Å². The smallest absolute Gasteiger partial charge is 0.149 e. The highest BCUT2D eigenvalue weighted by Gasteiger charge is 2.09. The minimum atomic E-state index is -0.551. The average molecular weight is 219 g/mol. The maximum Gasteiger partial charge on any atom is 0.149 e. The molecule has 6 nitrogen and oxygen atoms in total. The van der Waals surface area contributed by atoms with E-state index >= 15 is 0 Å². The van der Waals surface area contributed by atoms with E-state index in [-0.39, 0.29) is 0 Å². The average Bonchev–Trinajstić information content (AvgIpc) is 2.78. The lowest BCUT2D eigenvalue weighted by Gasteiger charge is -2.00. The standard InChI is InChI=1S/C10H13N5O/c1-2-9(16)8-6-15(14-13-8)7-10-11-4-3-5-12-10/h3-6,9,16H,2,7H2,1H3. The maximum absolute atomic E-state index is 9.56. The molecule has 1 unspecified atom stereocenters. The van der Waals surface area contributed by atoms with Crippen molar-refractivity contribution in [2.45, 2.75) is 26.0 Å². The molecule has 0 bridgehead atoms. The molecule has 0 spiro atoms. The minimum absolute atomic E-state index is 0.463. The van der Waals surface area contributed by atoms with Crippen LogP contribution in [-0.2, 0) is 6.54 Å². The van der Waals surface area contributed by atoms with Crippen molar-refractivity contribution in [3.8, 4) is 0 Å². The Labute approximate surface area is 93.0 Å². The monoisotopic (exact) mass is 219 g/mol. The fraction of sp³-hybridized carbons (Fsp3) is 0.400. The number of aliphatic hydroxyl groups excluding tert-OH is 1. The molecule has 0 aliphatic carbocycles. The molecule has 0 aromatic carbocycles. The molecule has 2 aromatic heterocycles. The molecule has 0 fully saturated rings. The lowest BCUT2D eigenvalue weighted by Crippen LogP contribution is -2.04. The molecule has 0 aliphatic rings. The van der Waals surface area contributed by atoms with Crippen LogP contribution in [-0.4, -0.2) is 30.1 Å². The molecule has 6 heteroatoms. The summed E-state index contributed by atoms with van der Waals surface area (Å²) in [6.45, 7) is 2.36. The molecule has 0 amide bonds. The van der Waals surface area contributed by atoms with Crippen LogP contribution in [0.1, 0.15) is 31.0 Å². The molecule has 0 radical (unpaired) electrons. The molecule has 2 rings (SSSR count). The molecular formula is C10H13N5O. The van der Waals surface area contributed by atoms with Crippen molar-refractivity contribution in [3.63, 3.8) is 0 Å². The number of nitrogens with zero attached hydrogens (tertiary/aromatic N) is 5. The quantitative estimate of drug-likeness (QED) is 0.813. The van der Waals surface area contributed by atoms with Gasteiger partial charge in [0.15, 0.2) is 0 Å². The zero-order chi connectivity index (χ0) is 11.4. The van der Waals surface area contributed by atoms with Crippen molar-refractivity contribution in [2.24, 2.45) is 0 Å². The lowest BCUT2D eigenvalue weighted by molar-refractivity contribution is 0.168. The summed E-state index contributed by atoms with van der Waals surface area (Å²) in [5, 5.41) is 17.4. The van der Waals surface area contributed by atoms with Gasteiger partial charge in [-0.05, 0) is 12.5 Å². The Morgan fingerprint density at radius 3 is 2.81 bits per heavy atom. The van der Waals surface area contributed by atoms with E-state index in [1.54, 1.807) is 29.3 Å². The van der Waals surface area contributed by atoms with Gasteiger partial charge in [0, 0.05) is 12.4 Å². The summed E-state index contributed by atoms with van der Waals surface area (Å²) in [5.74, 6) is 0.671. The third kappa shape index (κ3) is 2.40. The summed E-state index contributed by atoms with van der Waals surface area (Å²) in [6, 6.07) is 1.76. The fourth-order valence-corrected chi connectivity index (χ4v) is 1.31. The van der Waals surface area contributed by atoms with E-state index < -0.39 is 6.10 Å². The summed E-state index contributed by atoms with van der Waals surface area (Å²) in [4.78, 5) is 8.17. The summed E-state index contributed by atoms with van der Waals surface area (Å²) < 4.78 is 1.61. The first-order valence-electron chi connectivity index (χ1n) is 5.13. The van der Waals surface area contributed by atoms with E-state index in [0.717, 1.165) is 0 Å². The van der Waals surface area contributed by atoms with Crippen LogP contribution in [0.25, 0.3) is 0 Å². The summed E-state index contributed by atoms with van der Waals surface area (Å²) >= 11 is 0. The first-order valence-corrected chi connectivity index (χ1v) is 5.13. The van der Waals surface area contributed by atoms with Gasteiger partial charge in [-0.15, -0.1) is 5.10 Å². The summed E-state index contributed by atoms with van der Waals surface area (Å²) in [7, 11) is 0. The van der Waals surface area contributed by atoms with E-state index in [1.165, 1.54) is 0 Å². The maximum atomic E-state index is 9.56. The number of hydrogen-bond donors (Lipinski definition) is 1. The van der Waals surface area contributed by atoms with E-state index in [9.17, 15) is 5.11 Å². The second-order valence-electron chi connectivity index (χ2n) is 3.43. The summed E-state index contributed by atoms with van der Waals surface area (Å²) in [6.07, 6.45) is 5.15. The van der Waals surface area contributed by atoms with Crippen molar-refractivity contribution < 1.29 is 5.11 Å². The highest BCUT2D eigenvalue weighted by Crippen LogP contribution is 2.11. The summed E-state index contributed by atoms with van der Waals surface area (Å²) in [5.41, 5.74) is 0.582. The van der Waals surface area contributed by atoms with E-state index in [4.69, 9.17) is 0 Å². The first-order chi connectivity index (χ1) is 7.79. The van der Waals surface area contributed by atoms with Crippen molar-refractivity contribution in [2.75, 3.05) is 0 Å². The van der Waals surface area contributed by atoms with Crippen LogP contribution in [0.3, 0.4) is 0 Å². The van der Waals surface area contributed by atoms with Crippen LogP contribution < -0.4 is 0 Å². The molecule has 0 saturated heterocycles. The van der Waals surface area contributed by atoms with Crippen molar-refractivity contribution in [3.05, 3.63) is 36.2 Å². The zero-order valence-electron chi connectivity index (χ0n) is 8.98. The second-order valence-corrected chi connectivity index (χ2v) is 3.43. The van der Waals surface area contributed by atoms with Gasteiger partial charge >= 0.3 is 0 Å². The fourth-order valence-electron chi connectivity index (χ4n) is 1.31. The van der Waals surface area contributed by atoms with Crippen LogP contribution in [0.2, 0.25) is 0 Å². The Kier molecular flexibility index (Phi) is 3.21. The van der Waals surface area contributed by atoms with Gasteiger partial charge in [0.1, 0.15) is 18.1 Å². The van der Waals surface area contributed by atoms with Gasteiger partial charge in [0.25, 0.3) is 0 Å². The Hall–Kier alpha value is -1.82. The van der Waals surface area contributed by atoms with Gasteiger partial charge in [-0.3, -0.25) is 0 Å². The minimum Gasteiger partial charge on any atom is -0.387 e. The second kappa shape index (κ2) is 4.80. The molecule has 16 heavy (non-hydrogen) atoms. The highest BCUT2D eigenvalue weighted by molar-refractivity contribution is 4.98. The molecule has 0 aliphatic heterocycles. The molecule has 0 saturated carbocycles. The Balaban J connectivity index is 2.09. The van der Waals surface area contributed by atoms with Crippen LogP contribution in [0.15, 0.2) is 24.7 Å². The van der Waals surface area contributed by atoms with Gasteiger partial charge in [-0.1, -0.05) is 12.1 Å². The van der Waals surface area contributed by atoms with Gasteiger partial charge in [-0.25, -0.2) is 14.6 Å². The predicted octanol–water partition coefficient (Wildman–Crippen LogP) is 0.560. The predicted molar refractivity (Wildman–Crippen MR) is 56.4 cm³/mol. The Bertz CT molecular complexity index is 441. The van der Waals surface area contributed by atoms with E-state index in [1.807, 2.05) is 6.92 Å². The molecule has 84 valence electrons. The van der Waals surface area contributed by atoms with Crippen LogP contribution in [0.5, 0.6) is 0 Å². The molecule has 1 atom stereocenters. The van der Waals surface area contributed by atoms with E-state index in [0.29, 0.717) is 24.5 Å². The normalized spacial score (nSPS) is 12.6. The van der Waals surface area contributed by atoms with Gasteiger partial charge in [-0.2, -0.15) is 0 Å². The highest BCUT2D eigenvalue weighted by atomic mass is 16.3. The Morgan fingerprint density at radius 2 is 2.12 bits per heavy atom. The molecule has 2 aromatic rings. The van der Waals surface area contributed by atoms with Crippen molar-refractivity contribution >= 4 is 0 Å². The van der Waals surface area contributed by atoms with Crippen LogP contribution in [0, 0.1) is 0 Å². The number of rotatable bonds is 4. The third-order valence-corrected chi connectivity index (χ3v) is 2.21. The number of aliphatic hydroxyl groups is 1. The SMILES string of the molecule is CCC(O)c1cn(Cc2ncccn2)nn1. The first kappa shape index (κ1) is 10.7. The molecule has 1 N–H and O–H groups in total. The Morgan fingerprint density at radius 1 is 1.38 bits per heavy atom. The van der Waals surface area contributed by atoms with Crippen LogP contribution in [0.4, 0.5) is 0 Å². The third-order valence-electron chi connectivity index (χ3n) is 2.21. The van der Waals surface area contributed by atoms with Crippen molar-refractivity contribution in [1.82, 2.24) is 25.0 Å². The molecular weight excluding hydrogens is 206 g/mol. The lowest BCUT2D eigenvalue weighted by atomic mass is 10.2. The largest absolute Gasteiger partial charge is 0.387 e. The number of hydrogen-bond acceptors (Lipinski definition) is 5. The topological polar surface area (TPSA) is 76.7 Å². The number of aromatic nitrogens is 5. The van der Waals surface area contributed by atoms with Crippen LogP contribution >= 0.6 is 0 Å². The van der Waals surface area contributed by atoms with Crippen molar-refractivity contribution in [1.29, 1.82) is 0 Å².